The van der Waals surface area contributed by atoms with Gasteiger partial charge in [-0.05, 0) is 32.3 Å². The van der Waals surface area contributed by atoms with Crippen LogP contribution in [0.5, 0.6) is 0 Å². The summed E-state index contributed by atoms with van der Waals surface area (Å²) in [6.45, 7) is 3.07. The molecule has 1 aliphatic rings. The predicted molar refractivity (Wildman–Crippen MR) is 71.6 cm³/mol. The average molecular weight is 279 g/mol. The molecule has 1 fully saturated rings. The number of hydrogen-bond donors (Lipinski definition) is 1. The Hall–Kier alpha value is -1.98. The van der Waals surface area contributed by atoms with Crippen molar-refractivity contribution in [3.8, 4) is 0 Å². The second kappa shape index (κ2) is 6.45. The van der Waals surface area contributed by atoms with Crippen LogP contribution < -0.4 is 5.32 Å². The first kappa shape index (κ1) is 14.4. The number of hydrogen-bond acceptors (Lipinski definition) is 3. The lowest BCUT2D eigenvalue weighted by atomic mass is 10.1. The minimum atomic E-state index is -0.692. The second-order valence-corrected chi connectivity index (χ2v) is 4.94. The van der Waals surface area contributed by atoms with Gasteiger partial charge in [-0.1, -0.05) is 0 Å². The first-order valence-corrected chi connectivity index (χ1v) is 6.79. The van der Waals surface area contributed by atoms with Gasteiger partial charge in [0.15, 0.2) is 5.82 Å². The van der Waals surface area contributed by atoms with E-state index in [1.807, 2.05) is 0 Å². The van der Waals surface area contributed by atoms with E-state index in [0.717, 1.165) is 38.5 Å². The van der Waals surface area contributed by atoms with Gasteiger partial charge >= 0.3 is 0 Å². The molecule has 1 saturated heterocycles. The molecule has 2 heterocycles. The lowest BCUT2D eigenvalue weighted by Crippen LogP contribution is -2.48. The molecule has 1 N–H and O–H groups in total. The molecule has 0 saturated carbocycles. The Balaban J connectivity index is 1.97. The summed E-state index contributed by atoms with van der Waals surface area (Å²) in [6.07, 6.45) is 5.44. The van der Waals surface area contributed by atoms with Gasteiger partial charge in [0.05, 0.1) is 11.8 Å². The van der Waals surface area contributed by atoms with E-state index in [9.17, 15) is 14.0 Å². The third-order valence-electron chi connectivity index (χ3n) is 3.40. The quantitative estimate of drug-likeness (QED) is 0.908. The van der Waals surface area contributed by atoms with Crippen molar-refractivity contribution >= 4 is 11.8 Å². The predicted octanol–water partition coefficient (Wildman–Crippen LogP) is 1.35. The van der Waals surface area contributed by atoms with Gasteiger partial charge in [0.2, 0.25) is 5.91 Å². The van der Waals surface area contributed by atoms with E-state index in [-0.39, 0.29) is 11.5 Å². The molecule has 1 aromatic rings. The van der Waals surface area contributed by atoms with E-state index in [4.69, 9.17) is 0 Å². The lowest BCUT2D eigenvalue weighted by molar-refractivity contribution is -0.133. The van der Waals surface area contributed by atoms with Gasteiger partial charge in [-0.25, -0.2) is 4.39 Å². The molecule has 1 atom stereocenters. The number of nitrogens with zero attached hydrogens (tertiary/aromatic N) is 2. The number of carbonyl (C=O) groups excluding carboxylic acids is 2. The van der Waals surface area contributed by atoms with Crippen molar-refractivity contribution in [2.24, 2.45) is 0 Å². The molecule has 6 heteroatoms. The monoisotopic (exact) mass is 279 g/mol. The van der Waals surface area contributed by atoms with Crippen LogP contribution >= 0.6 is 0 Å². The van der Waals surface area contributed by atoms with Gasteiger partial charge in [0.25, 0.3) is 5.91 Å². The maximum atomic E-state index is 13.4. The zero-order valence-electron chi connectivity index (χ0n) is 11.4. The number of nitrogens with one attached hydrogen (secondary N) is 1. The third-order valence-corrected chi connectivity index (χ3v) is 3.40. The lowest BCUT2D eigenvalue weighted by Gasteiger charge is -2.29. The smallest absolute Gasteiger partial charge is 0.255 e. The van der Waals surface area contributed by atoms with E-state index in [0.29, 0.717) is 0 Å². The Morgan fingerprint density at radius 3 is 2.70 bits per heavy atom. The molecule has 5 nitrogen and oxygen atoms in total. The van der Waals surface area contributed by atoms with Crippen LogP contribution in [0, 0.1) is 5.82 Å². The third kappa shape index (κ3) is 3.31. The van der Waals surface area contributed by atoms with Gasteiger partial charge in [-0.15, -0.1) is 0 Å². The number of pyridine rings is 1. The number of piperidine rings is 1. The molecule has 0 aromatic carbocycles. The number of aromatic nitrogens is 1. The summed E-state index contributed by atoms with van der Waals surface area (Å²) < 4.78 is 13.4. The molecule has 1 aliphatic heterocycles. The minimum Gasteiger partial charge on any atom is -0.341 e. The summed E-state index contributed by atoms with van der Waals surface area (Å²) >= 11 is 0. The number of rotatable bonds is 3. The Bertz CT molecular complexity index is 501. The van der Waals surface area contributed by atoms with E-state index in [2.05, 4.69) is 10.3 Å². The maximum Gasteiger partial charge on any atom is 0.255 e. The molecule has 0 spiro atoms. The van der Waals surface area contributed by atoms with Crippen LogP contribution in [-0.2, 0) is 4.79 Å². The minimum absolute atomic E-state index is 0.0988. The van der Waals surface area contributed by atoms with Crippen molar-refractivity contribution in [3.63, 3.8) is 0 Å². The molecular weight excluding hydrogens is 261 g/mol. The van der Waals surface area contributed by atoms with Gasteiger partial charge < -0.3 is 10.2 Å². The summed E-state index contributed by atoms with van der Waals surface area (Å²) in [5.74, 6) is -1.40. The van der Waals surface area contributed by atoms with Crippen LogP contribution in [0.2, 0.25) is 0 Å². The highest BCUT2D eigenvalue weighted by atomic mass is 19.1. The fourth-order valence-electron chi connectivity index (χ4n) is 2.28. The summed E-state index contributed by atoms with van der Waals surface area (Å²) in [6, 6.07) is 0.635. The standard InChI is InChI=1S/C14H18FN3O2/c1-10(14(20)18-7-3-2-4-8-18)17-13(19)11-5-6-16-9-12(11)15/h5-6,9-10H,2-4,7-8H2,1H3,(H,17,19). The van der Waals surface area contributed by atoms with Crippen LogP contribution in [-0.4, -0.2) is 40.8 Å². The highest BCUT2D eigenvalue weighted by Crippen LogP contribution is 2.10. The molecule has 1 unspecified atom stereocenters. The maximum absolute atomic E-state index is 13.4. The molecule has 20 heavy (non-hydrogen) atoms. The summed E-state index contributed by atoms with van der Waals surface area (Å²) in [5, 5.41) is 2.54. The largest absolute Gasteiger partial charge is 0.341 e. The van der Waals surface area contributed by atoms with Gasteiger partial charge in [0, 0.05) is 19.3 Å². The number of halogens is 1. The summed E-state index contributed by atoms with van der Waals surface area (Å²) in [5.41, 5.74) is -0.0988. The van der Waals surface area contributed by atoms with Crippen LogP contribution in [0.15, 0.2) is 18.5 Å². The molecule has 1 aromatic heterocycles. The average Bonchev–Trinajstić information content (AvgIpc) is 2.47. The van der Waals surface area contributed by atoms with Crippen LogP contribution in [0.25, 0.3) is 0 Å². The zero-order chi connectivity index (χ0) is 14.5. The topological polar surface area (TPSA) is 62.3 Å². The van der Waals surface area contributed by atoms with Crippen molar-refractivity contribution in [1.82, 2.24) is 15.2 Å². The van der Waals surface area contributed by atoms with E-state index in [1.54, 1.807) is 11.8 Å². The van der Waals surface area contributed by atoms with Crippen molar-refractivity contribution in [2.45, 2.75) is 32.2 Å². The Labute approximate surface area is 117 Å². The fourth-order valence-corrected chi connectivity index (χ4v) is 2.28. The first-order valence-electron chi connectivity index (χ1n) is 6.79. The molecule has 2 rings (SSSR count). The molecule has 2 amide bonds. The van der Waals surface area contributed by atoms with Crippen molar-refractivity contribution in [3.05, 3.63) is 29.8 Å². The number of likely N-dealkylation sites (tertiary alicyclic amines) is 1. The highest BCUT2D eigenvalue weighted by molar-refractivity contribution is 5.97. The van der Waals surface area contributed by atoms with Crippen molar-refractivity contribution in [2.75, 3.05) is 13.1 Å². The second-order valence-electron chi connectivity index (χ2n) is 4.94. The number of amides is 2. The highest BCUT2D eigenvalue weighted by Gasteiger charge is 2.24. The number of carbonyl (C=O) groups is 2. The van der Waals surface area contributed by atoms with E-state index < -0.39 is 17.8 Å². The van der Waals surface area contributed by atoms with Crippen LogP contribution in [0.3, 0.4) is 0 Å². The fraction of sp³-hybridized carbons (Fsp3) is 0.500. The summed E-state index contributed by atoms with van der Waals surface area (Å²) in [7, 11) is 0. The van der Waals surface area contributed by atoms with Gasteiger partial charge in [0.1, 0.15) is 6.04 Å². The molecular formula is C14H18FN3O2. The Morgan fingerprint density at radius 2 is 2.05 bits per heavy atom. The SMILES string of the molecule is CC(NC(=O)c1ccncc1F)C(=O)N1CCCCC1. The van der Waals surface area contributed by atoms with E-state index in [1.165, 1.54) is 12.3 Å². The molecule has 0 radical (unpaired) electrons. The molecule has 108 valence electrons. The normalized spacial score (nSPS) is 16.6. The van der Waals surface area contributed by atoms with Gasteiger partial charge in [-0.2, -0.15) is 0 Å². The molecule has 0 aliphatic carbocycles. The van der Waals surface area contributed by atoms with Crippen LogP contribution in [0.1, 0.15) is 36.5 Å². The Morgan fingerprint density at radius 1 is 1.35 bits per heavy atom. The Kier molecular flexibility index (Phi) is 4.65. The molecule has 0 bridgehead atoms. The van der Waals surface area contributed by atoms with Gasteiger partial charge in [-0.3, -0.25) is 14.6 Å². The first-order chi connectivity index (χ1) is 9.59. The summed E-state index contributed by atoms with van der Waals surface area (Å²) in [4.78, 5) is 29.4. The van der Waals surface area contributed by atoms with E-state index >= 15 is 0 Å². The van der Waals surface area contributed by atoms with Crippen LogP contribution in [0.4, 0.5) is 4.39 Å². The zero-order valence-corrected chi connectivity index (χ0v) is 11.4. The van der Waals surface area contributed by atoms with Crippen molar-refractivity contribution in [1.29, 1.82) is 0 Å². The van der Waals surface area contributed by atoms with Crippen molar-refractivity contribution < 1.29 is 14.0 Å².